The van der Waals surface area contributed by atoms with Crippen molar-refractivity contribution in [2.45, 2.75) is 27.2 Å². The molecule has 0 saturated carbocycles. The molecule has 0 atom stereocenters. The maximum atomic E-state index is 11.9. The summed E-state index contributed by atoms with van der Waals surface area (Å²) in [5, 5.41) is 2.80. The highest BCUT2D eigenvalue weighted by Gasteiger charge is 2.25. The summed E-state index contributed by atoms with van der Waals surface area (Å²) in [7, 11) is 0. The predicted octanol–water partition coefficient (Wildman–Crippen LogP) is 3.61. The van der Waals surface area contributed by atoms with Gasteiger partial charge in [-0.2, -0.15) is 0 Å². The molecule has 0 fully saturated rings. The summed E-state index contributed by atoms with van der Waals surface area (Å²) in [6.45, 7) is 12.8. The fraction of sp³-hybridized carbons (Fsp3) is 0.385. The van der Waals surface area contributed by atoms with Crippen LogP contribution in [-0.4, -0.2) is 5.91 Å². The van der Waals surface area contributed by atoms with Crippen LogP contribution in [0.1, 0.15) is 27.2 Å². The maximum Gasteiger partial charge on any atom is 0.229 e. The Bertz CT molecular complexity index is 430. The monoisotopic (exact) mass is 216 g/mol. The van der Waals surface area contributed by atoms with Gasteiger partial charge in [-0.25, -0.2) is 4.85 Å². The highest BCUT2D eigenvalue weighted by Crippen LogP contribution is 2.27. The molecule has 0 aromatic heterocycles. The van der Waals surface area contributed by atoms with Crippen molar-refractivity contribution in [1.82, 2.24) is 0 Å². The first kappa shape index (κ1) is 12.3. The third kappa shape index (κ3) is 2.60. The number of hydrogen-bond donors (Lipinski definition) is 1. The Labute approximate surface area is 96.3 Å². The molecule has 1 N–H and O–H groups in total. The van der Waals surface area contributed by atoms with E-state index in [1.54, 1.807) is 18.2 Å². The average molecular weight is 216 g/mol. The molecular formula is C13H16N2O. The smallest absolute Gasteiger partial charge is 0.229 e. The molecule has 1 amide bonds. The van der Waals surface area contributed by atoms with Gasteiger partial charge in [0.05, 0.1) is 6.57 Å². The SMILES string of the molecule is [C-]#[N+]c1ccccc1NC(=O)C(C)(C)CC. The van der Waals surface area contributed by atoms with Crippen molar-refractivity contribution in [2.75, 3.05) is 5.32 Å². The zero-order valence-corrected chi connectivity index (χ0v) is 9.87. The molecule has 3 heteroatoms. The van der Waals surface area contributed by atoms with Crippen molar-refractivity contribution in [3.05, 3.63) is 35.7 Å². The van der Waals surface area contributed by atoms with Gasteiger partial charge in [0.25, 0.3) is 0 Å². The molecular weight excluding hydrogens is 200 g/mol. The molecule has 1 aromatic carbocycles. The summed E-state index contributed by atoms with van der Waals surface area (Å²) in [6.07, 6.45) is 0.763. The molecule has 84 valence electrons. The zero-order valence-electron chi connectivity index (χ0n) is 9.87. The van der Waals surface area contributed by atoms with Crippen LogP contribution in [0.3, 0.4) is 0 Å². The molecule has 0 aliphatic heterocycles. The topological polar surface area (TPSA) is 33.5 Å². The molecule has 16 heavy (non-hydrogen) atoms. The van der Waals surface area contributed by atoms with Crippen LogP contribution in [0.15, 0.2) is 24.3 Å². The number of carbonyl (C=O) groups excluding carboxylic acids is 1. The van der Waals surface area contributed by atoms with Crippen LogP contribution in [0.2, 0.25) is 0 Å². The largest absolute Gasteiger partial charge is 0.335 e. The van der Waals surface area contributed by atoms with Crippen LogP contribution in [-0.2, 0) is 4.79 Å². The minimum atomic E-state index is -0.408. The summed E-state index contributed by atoms with van der Waals surface area (Å²) in [5.74, 6) is -0.0499. The lowest BCUT2D eigenvalue weighted by molar-refractivity contribution is -0.124. The summed E-state index contributed by atoms with van der Waals surface area (Å²) in [6, 6.07) is 7.04. The minimum Gasteiger partial charge on any atom is -0.335 e. The van der Waals surface area contributed by atoms with Crippen LogP contribution >= 0.6 is 0 Å². The third-order valence-corrected chi connectivity index (χ3v) is 2.77. The van der Waals surface area contributed by atoms with E-state index in [1.807, 2.05) is 26.8 Å². The Morgan fingerprint density at radius 3 is 2.62 bits per heavy atom. The van der Waals surface area contributed by atoms with Gasteiger partial charge in [0.1, 0.15) is 0 Å². The van der Waals surface area contributed by atoms with E-state index in [9.17, 15) is 4.79 Å². The minimum absolute atomic E-state index is 0.0499. The summed E-state index contributed by atoms with van der Waals surface area (Å²) in [5.41, 5.74) is 0.654. The van der Waals surface area contributed by atoms with E-state index < -0.39 is 5.41 Å². The number of amides is 1. The van der Waals surface area contributed by atoms with E-state index in [1.165, 1.54) is 0 Å². The van der Waals surface area contributed by atoms with Crippen molar-refractivity contribution >= 4 is 17.3 Å². The quantitative estimate of drug-likeness (QED) is 0.769. The van der Waals surface area contributed by atoms with Crippen LogP contribution in [0.5, 0.6) is 0 Å². The molecule has 1 rings (SSSR count). The van der Waals surface area contributed by atoms with Gasteiger partial charge >= 0.3 is 0 Å². The number of anilines is 1. The first-order valence-corrected chi connectivity index (χ1v) is 5.29. The second kappa shape index (κ2) is 4.80. The van der Waals surface area contributed by atoms with Gasteiger partial charge in [0.15, 0.2) is 0 Å². The standard InChI is InChI=1S/C13H16N2O/c1-5-13(2,3)12(16)15-11-9-7-6-8-10(11)14-4/h6-9H,5H2,1-3H3,(H,15,16). The first-order valence-electron chi connectivity index (χ1n) is 5.29. The van der Waals surface area contributed by atoms with Crippen LogP contribution < -0.4 is 5.32 Å². The van der Waals surface area contributed by atoms with E-state index in [0.29, 0.717) is 11.4 Å². The Kier molecular flexibility index (Phi) is 3.68. The lowest BCUT2D eigenvalue weighted by Crippen LogP contribution is -2.29. The van der Waals surface area contributed by atoms with Gasteiger partial charge in [0.2, 0.25) is 11.6 Å². The molecule has 3 nitrogen and oxygen atoms in total. The van der Waals surface area contributed by atoms with Crippen LogP contribution in [0.4, 0.5) is 11.4 Å². The number of rotatable bonds is 3. The van der Waals surface area contributed by atoms with Crippen molar-refractivity contribution < 1.29 is 4.79 Å². The zero-order chi connectivity index (χ0) is 12.2. The predicted molar refractivity (Wildman–Crippen MR) is 65.4 cm³/mol. The Hall–Kier alpha value is -1.82. The molecule has 0 aliphatic rings. The molecule has 0 aliphatic carbocycles. The summed E-state index contributed by atoms with van der Waals surface area (Å²) < 4.78 is 0. The van der Waals surface area contributed by atoms with Crippen molar-refractivity contribution in [3.63, 3.8) is 0 Å². The van der Waals surface area contributed by atoms with E-state index in [4.69, 9.17) is 6.57 Å². The van der Waals surface area contributed by atoms with E-state index >= 15 is 0 Å². The molecule has 0 bridgehead atoms. The Balaban J connectivity index is 2.90. The van der Waals surface area contributed by atoms with Crippen molar-refractivity contribution in [2.24, 2.45) is 5.41 Å². The molecule has 0 unspecified atom stereocenters. The summed E-state index contributed by atoms with van der Waals surface area (Å²) >= 11 is 0. The maximum absolute atomic E-state index is 11.9. The first-order chi connectivity index (χ1) is 7.51. The number of nitrogens with zero attached hydrogens (tertiary/aromatic N) is 1. The molecule has 0 heterocycles. The Morgan fingerprint density at radius 1 is 1.44 bits per heavy atom. The van der Waals surface area contributed by atoms with Gasteiger partial charge in [0, 0.05) is 11.1 Å². The van der Waals surface area contributed by atoms with Crippen molar-refractivity contribution in [1.29, 1.82) is 0 Å². The summed E-state index contributed by atoms with van der Waals surface area (Å²) in [4.78, 5) is 15.3. The van der Waals surface area contributed by atoms with Gasteiger partial charge < -0.3 is 5.32 Å². The van der Waals surface area contributed by atoms with Crippen molar-refractivity contribution in [3.8, 4) is 0 Å². The van der Waals surface area contributed by atoms with Gasteiger partial charge in [-0.15, -0.1) is 0 Å². The highest BCUT2D eigenvalue weighted by atomic mass is 16.2. The lowest BCUT2D eigenvalue weighted by Gasteiger charge is -2.21. The lowest BCUT2D eigenvalue weighted by atomic mass is 9.89. The average Bonchev–Trinajstić information content (AvgIpc) is 2.29. The molecule has 1 aromatic rings. The highest BCUT2D eigenvalue weighted by molar-refractivity contribution is 5.97. The van der Waals surface area contributed by atoms with E-state index in [-0.39, 0.29) is 5.91 Å². The number of para-hydroxylation sites is 2. The second-order valence-corrected chi connectivity index (χ2v) is 4.32. The normalized spacial score (nSPS) is 10.6. The number of nitrogens with one attached hydrogen (secondary N) is 1. The number of benzene rings is 1. The van der Waals surface area contributed by atoms with Crippen LogP contribution in [0.25, 0.3) is 4.85 Å². The van der Waals surface area contributed by atoms with E-state index in [2.05, 4.69) is 10.2 Å². The van der Waals surface area contributed by atoms with Crippen LogP contribution in [0, 0.1) is 12.0 Å². The van der Waals surface area contributed by atoms with Gasteiger partial charge in [-0.3, -0.25) is 4.79 Å². The second-order valence-electron chi connectivity index (χ2n) is 4.32. The van der Waals surface area contributed by atoms with E-state index in [0.717, 1.165) is 6.42 Å². The number of hydrogen-bond acceptors (Lipinski definition) is 1. The fourth-order valence-electron chi connectivity index (χ4n) is 1.13. The molecule has 0 saturated heterocycles. The third-order valence-electron chi connectivity index (χ3n) is 2.77. The molecule has 0 radical (unpaired) electrons. The van der Waals surface area contributed by atoms with Gasteiger partial charge in [-0.1, -0.05) is 39.0 Å². The number of carbonyl (C=O) groups is 1. The Morgan fingerprint density at radius 2 is 2.06 bits per heavy atom. The van der Waals surface area contributed by atoms with Gasteiger partial charge in [-0.05, 0) is 12.5 Å². The fourth-order valence-corrected chi connectivity index (χ4v) is 1.13. The molecule has 0 spiro atoms.